The van der Waals surface area contributed by atoms with Gasteiger partial charge in [-0.05, 0) is 26.7 Å². The Hall–Kier alpha value is -0.610. The van der Waals surface area contributed by atoms with Crippen molar-refractivity contribution in [2.45, 2.75) is 51.6 Å². The van der Waals surface area contributed by atoms with Crippen molar-refractivity contribution in [2.24, 2.45) is 0 Å². The van der Waals surface area contributed by atoms with E-state index in [2.05, 4.69) is 0 Å². The average Bonchev–Trinajstić information content (AvgIpc) is 2.21. The second-order valence-corrected chi connectivity index (χ2v) is 4.60. The minimum absolute atomic E-state index is 0.173. The number of esters is 1. The van der Waals surface area contributed by atoms with E-state index in [1.54, 1.807) is 12.2 Å². The fraction of sp³-hybridized carbons (Fsp3) is 0.909. The normalized spacial score (nSPS) is 25.0. The molecule has 0 unspecified atom stereocenters. The van der Waals surface area contributed by atoms with Crippen LogP contribution in [0.1, 0.15) is 40.5 Å². The van der Waals surface area contributed by atoms with Gasteiger partial charge in [-0.1, -0.05) is 13.8 Å². The summed E-state index contributed by atoms with van der Waals surface area (Å²) in [5.74, 6) is -0.173. The molecule has 0 aliphatic carbocycles. The molecule has 0 aromatic heterocycles. The first-order valence-corrected chi connectivity index (χ1v) is 5.46. The lowest BCUT2D eigenvalue weighted by atomic mass is 9.86. The third-order valence-electron chi connectivity index (χ3n) is 3.23. The van der Waals surface area contributed by atoms with Crippen LogP contribution in [0.3, 0.4) is 0 Å². The third kappa shape index (κ3) is 1.76. The minimum atomic E-state index is -0.628. The molecule has 0 saturated carbocycles. The van der Waals surface area contributed by atoms with Crippen LogP contribution in [0, 0.1) is 0 Å². The standard InChI is InChI=1S/C11H21NO3/c1-6-11(7-2)9(13)15-8-10(3,4)12(11)14-5/h6-8H2,1-5H3. The molecule has 0 N–H and O–H groups in total. The van der Waals surface area contributed by atoms with Crippen molar-refractivity contribution >= 4 is 5.97 Å². The highest BCUT2D eigenvalue weighted by atomic mass is 16.7. The van der Waals surface area contributed by atoms with E-state index < -0.39 is 5.54 Å². The van der Waals surface area contributed by atoms with Crippen LogP contribution in [0.2, 0.25) is 0 Å². The van der Waals surface area contributed by atoms with E-state index in [-0.39, 0.29) is 11.5 Å². The van der Waals surface area contributed by atoms with Gasteiger partial charge in [-0.3, -0.25) is 0 Å². The van der Waals surface area contributed by atoms with Crippen LogP contribution in [0.25, 0.3) is 0 Å². The lowest BCUT2D eigenvalue weighted by molar-refractivity contribution is -0.289. The lowest BCUT2D eigenvalue weighted by Crippen LogP contribution is -2.67. The summed E-state index contributed by atoms with van der Waals surface area (Å²) in [5, 5.41) is 1.80. The van der Waals surface area contributed by atoms with E-state index in [1.807, 2.05) is 27.7 Å². The van der Waals surface area contributed by atoms with Gasteiger partial charge in [0.05, 0.1) is 12.6 Å². The van der Waals surface area contributed by atoms with Crippen molar-refractivity contribution in [1.29, 1.82) is 0 Å². The third-order valence-corrected chi connectivity index (χ3v) is 3.23. The van der Waals surface area contributed by atoms with Crippen LogP contribution in [0.15, 0.2) is 0 Å². The van der Waals surface area contributed by atoms with E-state index in [0.717, 1.165) is 0 Å². The molecule has 0 atom stereocenters. The van der Waals surface area contributed by atoms with Gasteiger partial charge in [0.25, 0.3) is 0 Å². The molecule has 0 radical (unpaired) electrons. The maximum atomic E-state index is 11.9. The van der Waals surface area contributed by atoms with E-state index in [9.17, 15) is 4.79 Å². The highest BCUT2D eigenvalue weighted by molar-refractivity contribution is 5.81. The summed E-state index contributed by atoms with van der Waals surface area (Å²) in [5.41, 5.74) is -0.898. The Morgan fingerprint density at radius 2 is 1.93 bits per heavy atom. The quantitative estimate of drug-likeness (QED) is 0.672. The Balaban J connectivity index is 3.11. The number of hydroxylamine groups is 2. The summed E-state index contributed by atoms with van der Waals surface area (Å²) in [6.07, 6.45) is 1.39. The van der Waals surface area contributed by atoms with Crippen molar-refractivity contribution < 1.29 is 14.4 Å². The molecule has 0 amide bonds. The summed E-state index contributed by atoms with van der Waals surface area (Å²) in [6, 6.07) is 0. The molecule has 0 aromatic carbocycles. The van der Waals surface area contributed by atoms with Crippen molar-refractivity contribution in [3.8, 4) is 0 Å². The Morgan fingerprint density at radius 3 is 2.27 bits per heavy atom. The number of morpholine rings is 1. The SMILES string of the molecule is CCC1(CC)C(=O)OCC(C)(C)N1OC. The Bertz CT molecular complexity index is 246. The Labute approximate surface area is 91.5 Å². The number of hydrogen-bond acceptors (Lipinski definition) is 4. The molecular weight excluding hydrogens is 194 g/mol. The van der Waals surface area contributed by atoms with E-state index >= 15 is 0 Å². The maximum Gasteiger partial charge on any atom is 0.328 e. The van der Waals surface area contributed by atoms with Gasteiger partial charge >= 0.3 is 5.97 Å². The smallest absolute Gasteiger partial charge is 0.328 e. The van der Waals surface area contributed by atoms with Crippen molar-refractivity contribution in [3.63, 3.8) is 0 Å². The van der Waals surface area contributed by atoms with Gasteiger partial charge in [0.2, 0.25) is 0 Å². The molecule has 1 saturated heterocycles. The first-order chi connectivity index (χ1) is 6.94. The molecule has 1 fully saturated rings. The summed E-state index contributed by atoms with van der Waals surface area (Å²) < 4.78 is 5.26. The fourth-order valence-corrected chi connectivity index (χ4v) is 2.35. The molecule has 4 nitrogen and oxygen atoms in total. The minimum Gasteiger partial charge on any atom is -0.462 e. The molecule has 1 aliphatic rings. The Kier molecular flexibility index (Phi) is 3.41. The first kappa shape index (κ1) is 12.5. The lowest BCUT2D eigenvalue weighted by Gasteiger charge is -2.50. The van der Waals surface area contributed by atoms with Crippen molar-refractivity contribution in [2.75, 3.05) is 13.7 Å². The zero-order chi connectivity index (χ0) is 11.7. The van der Waals surface area contributed by atoms with Gasteiger partial charge < -0.3 is 9.57 Å². The molecule has 15 heavy (non-hydrogen) atoms. The van der Waals surface area contributed by atoms with Gasteiger partial charge in [0.1, 0.15) is 12.1 Å². The number of nitrogens with zero attached hydrogens (tertiary/aromatic N) is 1. The number of cyclic esters (lactones) is 1. The molecule has 0 bridgehead atoms. The summed E-state index contributed by atoms with van der Waals surface area (Å²) in [4.78, 5) is 17.3. The molecule has 1 rings (SSSR count). The van der Waals surface area contributed by atoms with E-state index in [0.29, 0.717) is 19.4 Å². The molecule has 88 valence electrons. The van der Waals surface area contributed by atoms with Crippen molar-refractivity contribution in [1.82, 2.24) is 5.06 Å². The number of carbonyl (C=O) groups is 1. The highest BCUT2D eigenvalue weighted by Crippen LogP contribution is 2.36. The second-order valence-electron chi connectivity index (χ2n) is 4.60. The average molecular weight is 215 g/mol. The topological polar surface area (TPSA) is 38.8 Å². The molecule has 0 spiro atoms. The summed E-state index contributed by atoms with van der Waals surface area (Å²) in [7, 11) is 1.61. The van der Waals surface area contributed by atoms with Crippen LogP contribution in [0.5, 0.6) is 0 Å². The summed E-state index contributed by atoms with van der Waals surface area (Å²) in [6.45, 7) is 8.38. The second kappa shape index (κ2) is 4.10. The Morgan fingerprint density at radius 1 is 1.40 bits per heavy atom. The molecule has 4 heteroatoms. The first-order valence-electron chi connectivity index (χ1n) is 5.46. The number of hydrogen-bond donors (Lipinski definition) is 0. The van der Waals surface area contributed by atoms with E-state index in [1.165, 1.54) is 0 Å². The maximum absolute atomic E-state index is 11.9. The fourth-order valence-electron chi connectivity index (χ4n) is 2.35. The van der Waals surface area contributed by atoms with Crippen LogP contribution in [-0.2, 0) is 14.4 Å². The predicted molar refractivity (Wildman–Crippen MR) is 57.2 cm³/mol. The van der Waals surface area contributed by atoms with Gasteiger partial charge in [-0.25, -0.2) is 4.79 Å². The van der Waals surface area contributed by atoms with Gasteiger partial charge in [-0.15, -0.1) is 0 Å². The van der Waals surface area contributed by atoms with Crippen LogP contribution < -0.4 is 0 Å². The zero-order valence-electron chi connectivity index (χ0n) is 10.3. The van der Waals surface area contributed by atoms with E-state index in [4.69, 9.17) is 9.57 Å². The molecule has 0 aromatic rings. The van der Waals surface area contributed by atoms with Crippen LogP contribution in [0.4, 0.5) is 0 Å². The van der Waals surface area contributed by atoms with Crippen molar-refractivity contribution in [3.05, 3.63) is 0 Å². The number of rotatable bonds is 3. The molecule has 1 heterocycles. The molecular formula is C11H21NO3. The monoisotopic (exact) mass is 215 g/mol. The van der Waals surface area contributed by atoms with Gasteiger partial charge in [0.15, 0.2) is 0 Å². The van der Waals surface area contributed by atoms with Crippen LogP contribution >= 0.6 is 0 Å². The zero-order valence-corrected chi connectivity index (χ0v) is 10.3. The number of ether oxygens (including phenoxy) is 1. The predicted octanol–water partition coefficient (Wildman–Crippen LogP) is 1.74. The van der Waals surface area contributed by atoms with Gasteiger partial charge in [-0.2, -0.15) is 5.06 Å². The molecule has 1 aliphatic heterocycles. The number of carbonyl (C=O) groups excluding carboxylic acids is 1. The van der Waals surface area contributed by atoms with Crippen LogP contribution in [-0.4, -0.2) is 35.8 Å². The van der Waals surface area contributed by atoms with Gasteiger partial charge in [0, 0.05) is 0 Å². The summed E-state index contributed by atoms with van der Waals surface area (Å²) >= 11 is 0. The highest BCUT2D eigenvalue weighted by Gasteiger charge is 2.53. The largest absolute Gasteiger partial charge is 0.462 e.